The van der Waals surface area contributed by atoms with Crippen LogP contribution < -0.4 is 0 Å². The standard InChI is InChI=1S/C17H34BNO2/c1-4-7-9-11-13-20-18(15-17(6-3)16-19)21-14-12-10-8-5-2/h17H,4-15H2,1-3H3. The topological polar surface area (TPSA) is 42.2 Å². The molecule has 0 saturated heterocycles. The van der Waals surface area contributed by atoms with Gasteiger partial charge in [0.1, 0.15) is 0 Å². The molecule has 0 aromatic carbocycles. The largest absolute Gasteiger partial charge is 0.458 e. The van der Waals surface area contributed by atoms with Gasteiger partial charge < -0.3 is 9.31 Å². The number of hydrogen-bond donors (Lipinski definition) is 0. The molecule has 1 atom stereocenters. The summed E-state index contributed by atoms with van der Waals surface area (Å²) < 4.78 is 11.7. The van der Waals surface area contributed by atoms with Crippen LogP contribution in [0.1, 0.15) is 78.6 Å². The molecule has 0 aromatic rings. The van der Waals surface area contributed by atoms with Crippen molar-refractivity contribution in [3.8, 4) is 6.07 Å². The van der Waals surface area contributed by atoms with Crippen molar-refractivity contribution in [1.29, 1.82) is 5.26 Å². The molecule has 0 aliphatic carbocycles. The number of unbranched alkanes of at least 4 members (excludes halogenated alkanes) is 6. The number of hydrogen-bond acceptors (Lipinski definition) is 3. The van der Waals surface area contributed by atoms with Gasteiger partial charge in [0, 0.05) is 19.1 Å². The van der Waals surface area contributed by atoms with Crippen LogP contribution >= 0.6 is 0 Å². The highest BCUT2D eigenvalue weighted by Crippen LogP contribution is 2.14. The average Bonchev–Trinajstić information content (AvgIpc) is 2.51. The van der Waals surface area contributed by atoms with Crippen LogP contribution in [0.4, 0.5) is 0 Å². The highest BCUT2D eigenvalue weighted by atomic mass is 16.6. The third kappa shape index (κ3) is 12.9. The number of nitrogens with zero attached hydrogens (tertiary/aromatic N) is 1. The predicted octanol–water partition coefficient (Wildman–Crippen LogP) is 5.22. The normalized spacial score (nSPS) is 12.1. The van der Waals surface area contributed by atoms with E-state index < -0.39 is 0 Å². The second-order valence-electron chi connectivity index (χ2n) is 5.76. The maximum Gasteiger partial charge on any atom is 0.458 e. The number of nitriles is 1. The van der Waals surface area contributed by atoms with Crippen LogP contribution in [-0.2, 0) is 9.31 Å². The van der Waals surface area contributed by atoms with E-state index in [-0.39, 0.29) is 13.0 Å². The van der Waals surface area contributed by atoms with Crippen molar-refractivity contribution < 1.29 is 9.31 Å². The molecule has 0 aromatic heterocycles. The molecular formula is C17H34BNO2. The van der Waals surface area contributed by atoms with Crippen LogP contribution in [0, 0.1) is 17.2 Å². The Bertz CT molecular complexity index is 242. The summed E-state index contributed by atoms with van der Waals surface area (Å²) in [5.41, 5.74) is 0. The molecule has 0 fully saturated rings. The molecule has 0 bridgehead atoms. The van der Waals surface area contributed by atoms with Crippen molar-refractivity contribution >= 4 is 7.12 Å². The van der Waals surface area contributed by atoms with Gasteiger partial charge in [0.2, 0.25) is 0 Å². The van der Waals surface area contributed by atoms with Crippen molar-refractivity contribution in [1.82, 2.24) is 0 Å². The molecule has 0 spiro atoms. The fourth-order valence-corrected chi connectivity index (χ4v) is 2.21. The summed E-state index contributed by atoms with van der Waals surface area (Å²) in [6, 6.07) is 2.34. The van der Waals surface area contributed by atoms with Gasteiger partial charge in [-0.25, -0.2) is 0 Å². The molecule has 0 heterocycles. The van der Waals surface area contributed by atoms with Crippen molar-refractivity contribution in [3.63, 3.8) is 0 Å². The Kier molecular flexibility index (Phi) is 15.5. The molecule has 0 aliphatic heterocycles. The maximum atomic E-state index is 9.10. The quantitative estimate of drug-likeness (QED) is 0.307. The number of rotatable bonds is 15. The minimum atomic E-state index is -0.196. The SMILES string of the molecule is CCCCCCOB(CC(C#N)CC)OCCCCCC. The van der Waals surface area contributed by atoms with Crippen LogP contribution in [0.3, 0.4) is 0 Å². The Hall–Kier alpha value is -0.525. The zero-order chi connectivity index (χ0) is 15.8. The third-order valence-corrected chi connectivity index (χ3v) is 3.76. The molecule has 0 N–H and O–H groups in total. The summed E-state index contributed by atoms with van der Waals surface area (Å²) in [7, 11) is -0.196. The van der Waals surface area contributed by atoms with E-state index in [4.69, 9.17) is 14.6 Å². The first kappa shape index (κ1) is 20.5. The van der Waals surface area contributed by atoms with Gasteiger partial charge in [-0.15, -0.1) is 0 Å². The monoisotopic (exact) mass is 295 g/mol. The van der Waals surface area contributed by atoms with Gasteiger partial charge in [0.05, 0.1) is 6.07 Å². The summed E-state index contributed by atoms with van der Waals surface area (Å²) in [4.78, 5) is 0. The first-order chi connectivity index (χ1) is 10.3. The summed E-state index contributed by atoms with van der Waals surface area (Å²) in [5, 5.41) is 9.10. The average molecular weight is 295 g/mol. The van der Waals surface area contributed by atoms with Crippen LogP contribution in [0.2, 0.25) is 6.32 Å². The molecule has 3 nitrogen and oxygen atoms in total. The van der Waals surface area contributed by atoms with Crippen molar-refractivity contribution in [3.05, 3.63) is 0 Å². The van der Waals surface area contributed by atoms with Crippen LogP contribution in [0.5, 0.6) is 0 Å². The Morgan fingerprint density at radius 3 is 1.76 bits per heavy atom. The molecule has 0 rings (SSSR count). The van der Waals surface area contributed by atoms with E-state index in [9.17, 15) is 0 Å². The smallest absolute Gasteiger partial charge is 0.411 e. The second kappa shape index (κ2) is 15.9. The zero-order valence-electron chi connectivity index (χ0n) is 14.4. The lowest BCUT2D eigenvalue weighted by Crippen LogP contribution is -2.26. The molecule has 0 aliphatic rings. The van der Waals surface area contributed by atoms with E-state index in [2.05, 4.69) is 19.9 Å². The first-order valence-electron chi connectivity index (χ1n) is 8.91. The van der Waals surface area contributed by atoms with E-state index in [1.54, 1.807) is 0 Å². The van der Waals surface area contributed by atoms with Crippen molar-refractivity contribution in [2.75, 3.05) is 13.2 Å². The second-order valence-corrected chi connectivity index (χ2v) is 5.76. The van der Waals surface area contributed by atoms with E-state index in [1.165, 1.54) is 38.5 Å². The minimum Gasteiger partial charge on any atom is -0.411 e. The van der Waals surface area contributed by atoms with Gasteiger partial charge in [-0.2, -0.15) is 5.26 Å². The van der Waals surface area contributed by atoms with E-state index in [1.807, 2.05) is 6.92 Å². The van der Waals surface area contributed by atoms with Crippen molar-refractivity contribution in [2.45, 2.75) is 84.9 Å². The summed E-state index contributed by atoms with van der Waals surface area (Å²) in [6.45, 7) is 7.97. The van der Waals surface area contributed by atoms with Gasteiger partial charge in [-0.1, -0.05) is 59.3 Å². The molecule has 0 radical (unpaired) electrons. The molecule has 4 heteroatoms. The fraction of sp³-hybridized carbons (Fsp3) is 0.941. The Morgan fingerprint density at radius 1 is 0.857 bits per heavy atom. The van der Waals surface area contributed by atoms with Crippen molar-refractivity contribution in [2.24, 2.45) is 5.92 Å². The van der Waals surface area contributed by atoms with Gasteiger partial charge >= 0.3 is 7.12 Å². The lowest BCUT2D eigenvalue weighted by atomic mass is 9.76. The summed E-state index contributed by atoms with van der Waals surface area (Å²) in [5.74, 6) is 0.0429. The van der Waals surface area contributed by atoms with E-state index >= 15 is 0 Å². The van der Waals surface area contributed by atoms with Crippen LogP contribution in [-0.4, -0.2) is 20.3 Å². The lowest BCUT2D eigenvalue weighted by molar-refractivity contribution is 0.186. The molecular weight excluding hydrogens is 261 g/mol. The first-order valence-corrected chi connectivity index (χ1v) is 8.91. The van der Waals surface area contributed by atoms with E-state index in [0.717, 1.165) is 32.5 Å². The lowest BCUT2D eigenvalue weighted by Gasteiger charge is -2.16. The Labute approximate surface area is 132 Å². The van der Waals surface area contributed by atoms with Gasteiger partial charge in [-0.3, -0.25) is 0 Å². The van der Waals surface area contributed by atoms with Gasteiger partial charge in [0.25, 0.3) is 0 Å². The zero-order valence-corrected chi connectivity index (χ0v) is 14.4. The maximum absolute atomic E-state index is 9.10. The summed E-state index contributed by atoms with van der Waals surface area (Å²) >= 11 is 0. The predicted molar refractivity (Wildman–Crippen MR) is 90.1 cm³/mol. The molecule has 122 valence electrons. The fourth-order valence-electron chi connectivity index (χ4n) is 2.21. The molecule has 1 unspecified atom stereocenters. The highest BCUT2D eigenvalue weighted by molar-refractivity contribution is 6.44. The Morgan fingerprint density at radius 2 is 1.38 bits per heavy atom. The summed E-state index contributed by atoms with van der Waals surface area (Å²) in [6.07, 6.45) is 11.2. The molecule has 0 amide bonds. The van der Waals surface area contributed by atoms with Gasteiger partial charge in [-0.05, 0) is 25.6 Å². The molecule has 21 heavy (non-hydrogen) atoms. The minimum absolute atomic E-state index is 0.0429. The Balaban J connectivity index is 3.94. The van der Waals surface area contributed by atoms with Crippen LogP contribution in [0.15, 0.2) is 0 Å². The molecule has 0 saturated carbocycles. The van der Waals surface area contributed by atoms with Crippen LogP contribution in [0.25, 0.3) is 0 Å². The highest BCUT2D eigenvalue weighted by Gasteiger charge is 2.22. The van der Waals surface area contributed by atoms with Gasteiger partial charge in [0.15, 0.2) is 0 Å². The van der Waals surface area contributed by atoms with E-state index in [0.29, 0.717) is 6.32 Å². The third-order valence-electron chi connectivity index (χ3n) is 3.76.